The van der Waals surface area contributed by atoms with Gasteiger partial charge in [-0.1, -0.05) is 6.92 Å². The Labute approximate surface area is 102 Å². The first-order valence-electron chi connectivity index (χ1n) is 6.11. The van der Waals surface area contributed by atoms with E-state index < -0.39 is 5.97 Å². The number of ether oxygens (including phenoxy) is 1. The highest BCUT2D eigenvalue weighted by molar-refractivity contribution is 5.84. The Hall–Kier alpha value is -1.10. The van der Waals surface area contributed by atoms with Gasteiger partial charge in [-0.3, -0.25) is 9.59 Å². The van der Waals surface area contributed by atoms with E-state index in [-0.39, 0.29) is 30.5 Å². The van der Waals surface area contributed by atoms with Crippen molar-refractivity contribution in [3.63, 3.8) is 0 Å². The Kier molecular flexibility index (Phi) is 4.93. The molecule has 1 aliphatic rings. The van der Waals surface area contributed by atoms with E-state index in [1.165, 1.54) is 4.90 Å². The van der Waals surface area contributed by atoms with Crippen LogP contribution in [0, 0.1) is 5.92 Å². The molecule has 2 atom stereocenters. The SMILES string of the molecule is CCC1OCCC1C(=O)N(CC(=O)O)C(C)C. The highest BCUT2D eigenvalue weighted by Crippen LogP contribution is 2.26. The third-order valence-electron chi connectivity index (χ3n) is 3.14. The molecule has 1 amide bonds. The van der Waals surface area contributed by atoms with E-state index in [4.69, 9.17) is 9.84 Å². The summed E-state index contributed by atoms with van der Waals surface area (Å²) >= 11 is 0. The van der Waals surface area contributed by atoms with Crippen LogP contribution in [0.3, 0.4) is 0 Å². The van der Waals surface area contributed by atoms with Crippen molar-refractivity contribution in [1.82, 2.24) is 4.90 Å². The molecule has 98 valence electrons. The number of hydrogen-bond donors (Lipinski definition) is 1. The Balaban J connectivity index is 2.73. The minimum absolute atomic E-state index is 0.0578. The van der Waals surface area contributed by atoms with Gasteiger partial charge in [0.15, 0.2) is 0 Å². The van der Waals surface area contributed by atoms with Crippen molar-refractivity contribution in [2.24, 2.45) is 5.92 Å². The summed E-state index contributed by atoms with van der Waals surface area (Å²) in [6.45, 7) is 6.00. The fourth-order valence-electron chi connectivity index (χ4n) is 2.21. The number of carbonyl (C=O) groups excluding carboxylic acids is 1. The summed E-state index contributed by atoms with van der Waals surface area (Å²) in [5, 5.41) is 8.82. The predicted molar refractivity (Wildman–Crippen MR) is 62.6 cm³/mol. The van der Waals surface area contributed by atoms with Gasteiger partial charge in [0.25, 0.3) is 0 Å². The number of hydrogen-bond acceptors (Lipinski definition) is 3. The standard InChI is InChI=1S/C12H21NO4/c1-4-10-9(5-6-17-10)12(16)13(8(2)3)7-11(14)15/h8-10H,4-7H2,1-3H3,(H,14,15). The second-order valence-electron chi connectivity index (χ2n) is 4.67. The molecular formula is C12H21NO4. The molecule has 0 aromatic rings. The molecule has 1 N–H and O–H groups in total. The number of nitrogens with zero attached hydrogens (tertiary/aromatic N) is 1. The zero-order valence-corrected chi connectivity index (χ0v) is 10.7. The van der Waals surface area contributed by atoms with Crippen LogP contribution in [-0.2, 0) is 14.3 Å². The van der Waals surface area contributed by atoms with Crippen molar-refractivity contribution >= 4 is 11.9 Å². The van der Waals surface area contributed by atoms with E-state index >= 15 is 0 Å². The van der Waals surface area contributed by atoms with Gasteiger partial charge in [-0.15, -0.1) is 0 Å². The normalized spacial score (nSPS) is 24.0. The molecule has 0 aromatic heterocycles. The molecule has 2 unspecified atom stereocenters. The number of carboxylic acids is 1. The van der Waals surface area contributed by atoms with Crippen LogP contribution in [0.15, 0.2) is 0 Å². The summed E-state index contributed by atoms with van der Waals surface area (Å²) in [6, 6.07) is -0.100. The molecule has 1 aliphatic heterocycles. The molecule has 1 saturated heterocycles. The average Bonchev–Trinajstić information content (AvgIpc) is 2.72. The summed E-state index contributed by atoms with van der Waals surface area (Å²) in [6.07, 6.45) is 1.42. The third kappa shape index (κ3) is 3.43. The van der Waals surface area contributed by atoms with Crippen LogP contribution in [0.25, 0.3) is 0 Å². The van der Waals surface area contributed by atoms with Gasteiger partial charge < -0.3 is 14.7 Å². The van der Waals surface area contributed by atoms with Gasteiger partial charge in [0.2, 0.25) is 5.91 Å². The van der Waals surface area contributed by atoms with E-state index in [2.05, 4.69) is 0 Å². The van der Waals surface area contributed by atoms with Gasteiger partial charge in [0.05, 0.1) is 12.0 Å². The van der Waals surface area contributed by atoms with Crippen LogP contribution in [0.1, 0.15) is 33.6 Å². The highest BCUT2D eigenvalue weighted by Gasteiger charge is 2.36. The largest absolute Gasteiger partial charge is 0.480 e. The molecule has 0 spiro atoms. The van der Waals surface area contributed by atoms with Gasteiger partial charge in [0, 0.05) is 12.6 Å². The zero-order valence-electron chi connectivity index (χ0n) is 10.7. The van der Waals surface area contributed by atoms with Crippen molar-refractivity contribution in [3.05, 3.63) is 0 Å². The van der Waals surface area contributed by atoms with E-state index in [0.29, 0.717) is 13.0 Å². The Morgan fingerprint density at radius 3 is 2.59 bits per heavy atom. The summed E-state index contributed by atoms with van der Waals surface area (Å²) in [5.74, 6) is -1.24. The molecule has 0 saturated carbocycles. The maximum absolute atomic E-state index is 12.3. The van der Waals surface area contributed by atoms with Crippen LogP contribution in [-0.4, -0.2) is 47.2 Å². The molecule has 0 aliphatic carbocycles. The maximum atomic E-state index is 12.3. The third-order valence-corrected chi connectivity index (χ3v) is 3.14. The maximum Gasteiger partial charge on any atom is 0.323 e. The molecule has 0 aromatic carbocycles. The van der Waals surface area contributed by atoms with Crippen LogP contribution in [0.4, 0.5) is 0 Å². The number of rotatable bonds is 5. The monoisotopic (exact) mass is 243 g/mol. The molecule has 5 heteroatoms. The van der Waals surface area contributed by atoms with E-state index in [9.17, 15) is 9.59 Å². The lowest BCUT2D eigenvalue weighted by Crippen LogP contribution is -2.45. The van der Waals surface area contributed by atoms with Crippen LogP contribution in [0.5, 0.6) is 0 Å². The average molecular weight is 243 g/mol. The van der Waals surface area contributed by atoms with E-state index in [1.807, 2.05) is 20.8 Å². The van der Waals surface area contributed by atoms with Crippen LogP contribution < -0.4 is 0 Å². The smallest absolute Gasteiger partial charge is 0.323 e. The minimum Gasteiger partial charge on any atom is -0.480 e. The van der Waals surface area contributed by atoms with Crippen molar-refractivity contribution < 1.29 is 19.4 Å². The van der Waals surface area contributed by atoms with Crippen LogP contribution in [0.2, 0.25) is 0 Å². The molecule has 1 rings (SSSR count). The van der Waals surface area contributed by atoms with Gasteiger partial charge in [-0.05, 0) is 26.7 Å². The summed E-state index contributed by atoms with van der Waals surface area (Å²) < 4.78 is 5.48. The van der Waals surface area contributed by atoms with Crippen molar-refractivity contribution in [2.75, 3.05) is 13.2 Å². The summed E-state index contributed by atoms with van der Waals surface area (Å²) in [4.78, 5) is 24.5. The molecule has 17 heavy (non-hydrogen) atoms. The predicted octanol–water partition coefficient (Wildman–Crippen LogP) is 1.12. The topological polar surface area (TPSA) is 66.8 Å². The first-order valence-corrected chi connectivity index (χ1v) is 6.11. The molecule has 0 radical (unpaired) electrons. The van der Waals surface area contributed by atoms with Crippen molar-refractivity contribution in [1.29, 1.82) is 0 Å². The highest BCUT2D eigenvalue weighted by atomic mass is 16.5. The lowest BCUT2D eigenvalue weighted by molar-refractivity contribution is -0.148. The lowest BCUT2D eigenvalue weighted by atomic mass is 9.97. The minimum atomic E-state index is -0.973. The van der Waals surface area contributed by atoms with Gasteiger partial charge in [0.1, 0.15) is 6.54 Å². The number of aliphatic carboxylic acids is 1. The first-order chi connectivity index (χ1) is 7.97. The zero-order chi connectivity index (χ0) is 13.0. The van der Waals surface area contributed by atoms with Gasteiger partial charge in [-0.25, -0.2) is 0 Å². The molecular weight excluding hydrogens is 222 g/mol. The second-order valence-corrected chi connectivity index (χ2v) is 4.67. The summed E-state index contributed by atoms with van der Waals surface area (Å²) in [5.41, 5.74) is 0. The lowest BCUT2D eigenvalue weighted by Gasteiger charge is -2.29. The quantitative estimate of drug-likeness (QED) is 0.785. The van der Waals surface area contributed by atoms with Crippen molar-refractivity contribution in [2.45, 2.75) is 45.8 Å². The fraction of sp³-hybridized carbons (Fsp3) is 0.833. The van der Waals surface area contributed by atoms with Crippen LogP contribution >= 0.6 is 0 Å². The van der Waals surface area contributed by atoms with E-state index in [0.717, 1.165) is 6.42 Å². The molecule has 0 bridgehead atoms. The van der Waals surface area contributed by atoms with Crippen molar-refractivity contribution in [3.8, 4) is 0 Å². The molecule has 1 heterocycles. The number of carbonyl (C=O) groups is 2. The van der Waals surface area contributed by atoms with Gasteiger partial charge in [-0.2, -0.15) is 0 Å². The Morgan fingerprint density at radius 2 is 2.12 bits per heavy atom. The molecule has 5 nitrogen and oxygen atoms in total. The van der Waals surface area contributed by atoms with Gasteiger partial charge >= 0.3 is 5.97 Å². The summed E-state index contributed by atoms with van der Waals surface area (Å²) in [7, 11) is 0. The van der Waals surface area contributed by atoms with E-state index in [1.54, 1.807) is 0 Å². The second kappa shape index (κ2) is 6.00. The fourth-order valence-corrected chi connectivity index (χ4v) is 2.21. The Bertz CT molecular complexity index is 290. The first kappa shape index (κ1) is 14.0. The molecule has 1 fully saturated rings. The number of amides is 1. The Morgan fingerprint density at radius 1 is 1.47 bits per heavy atom. The number of carboxylic acid groups (broad SMARTS) is 1.